The number of aliphatic hydroxyl groups is 1. The van der Waals surface area contributed by atoms with Gasteiger partial charge in [-0.25, -0.2) is 9.13 Å². The van der Waals surface area contributed by atoms with Gasteiger partial charge >= 0.3 is 39.5 Å². The van der Waals surface area contributed by atoms with Crippen molar-refractivity contribution in [2.75, 3.05) is 39.6 Å². The van der Waals surface area contributed by atoms with Gasteiger partial charge in [0.25, 0.3) is 0 Å². The summed E-state index contributed by atoms with van der Waals surface area (Å²) in [6.07, 6.45) is 69.3. The van der Waals surface area contributed by atoms with Crippen molar-refractivity contribution in [2.45, 2.75) is 477 Å². The third kappa shape index (κ3) is 79.9. The van der Waals surface area contributed by atoms with Gasteiger partial charge in [-0.15, -0.1) is 0 Å². The summed E-state index contributed by atoms with van der Waals surface area (Å²) >= 11 is 0. The van der Waals surface area contributed by atoms with Gasteiger partial charge in [-0.05, 0) is 37.5 Å². The number of hydrogen-bond donors (Lipinski definition) is 3. The van der Waals surface area contributed by atoms with Crippen molar-refractivity contribution in [3.63, 3.8) is 0 Å². The van der Waals surface area contributed by atoms with Gasteiger partial charge in [0, 0.05) is 25.7 Å². The Kier molecular flexibility index (Phi) is 76.0. The Balaban J connectivity index is 5.24. The first kappa shape index (κ1) is 103. The molecule has 105 heavy (non-hydrogen) atoms. The van der Waals surface area contributed by atoms with E-state index in [1.165, 1.54) is 276 Å². The molecule has 2 unspecified atom stereocenters. The summed E-state index contributed by atoms with van der Waals surface area (Å²) in [5.74, 6) is -0.480. The van der Waals surface area contributed by atoms with Crippen LogP contribution in [0.3, 0.4) is 0 Å². The lowest BCUT2D eigenvalue weighted by atomic mass is 10.0. The zero-order chi connectivity index (χ0) is 77.1. The summed E-state index contributed by atoms with van der Waals surface area (Å²) in [5.41, 5.74) is 0. The third-order valence-corrected chi connectivity index (χ3v) is 22.1. The van der Waals surface area contributed by atoms with Crippen LogP contribution in [-0.2, 0) is 65.4 Å². The molecule has 0 aliphatic heterocycles. The van der Waals surface area contributed by atoms with Crippen molar-refractivity contribution in [2.24, 2.45) is 11.8 Å². The Hall–Kier alpha value is -1.94. The molecule has 0 rings (SSSR count). The molecule has 0 amide bonds. The normalized spacial score (nSPS) is 13.8. The van der Waals surface area contributed by atoms with E-state index in [9.17, 15) is 43.2 Å². The summed E-state index contributed by atoms with van der Waals surface area (Å²) in [5, 5.41) is 10.7. The molecule has 0 fully saturated rings. The number of carbonyl (C=O) groups excluding carboxylic acids is 4. The first-order valence-electron chi connectivity index (χ1n) is 44.5. The second-order valence-electron chi connectivity index (χ2n) is 31.9. The summed E-state index contributed by atoms with van der Waals surface area (Å²) in [7, 11) is -9.93. The maximum Gasteiger partial charge on any atom is 0.472 e. The molecule has 0 aliphatic carbocycles. The van der Waals surface area contributed by atoms with Gasteiger partial charge in [0.15, 0.2) is 12.2 Å². The van der Waals surface area contributed by atoms with E-state index in [-0.39, 0.29) is 25.7 Å². The topological polar surface area (TPSA) is 237 Å². The highest BCUT2D eigenvalue weighted by molar-refractivity contribution is 7.47. The molecule has 0 heterocycles. The predicted molar refractivity (Wildman–Crippen MR) is 432 cm³/mol. The molecule has 0 bridgehead atoms. The van der Waals surface area contributed by atoms with Crippen LogP contribution in [0.15, 0.2) is 0 Å². The highest BCUT2D eigenvalue weighted by atomic mass is 31.2. The lowest BCUT2D eigenvalue weighted by Crippen LogP contribution is -2.30. The third-order valence-electron chi connectivity index (χ3n) is 20.2. The number of phosphoric ester groups is 2. The van der Waals surface area contributed by atoms with Crippen LogP contribution in [0, 0.1) is 11.8 Å². The number of unbranched alkanes of at least 4 members (excludes halogenated alkanes) is 55. The molecule has 0 spiro atoms. The van der Waals surface area contributed by atoms with Crippen molar-refractivity contribution in [1.82, 2.24) is 0 Å². The van der Waals surface area contributed by atoms with Gasteiger partial charge in [0.1, 0.15) is 19.3 Å². The minimum Gasteiger partial charge on any atom is -0.462 e. The molecular formula is C86H168O17P2. The molecule has 5 atom stereocenters. The van der Waals surface area contributed by atoms with E-state index >= 15 is 0 Å². The standard InChI is InChI=1S/C86H168O17P2/c1-7-9-11-13-15-17-19-20-21-27-34-40-46-52-58-64-70-85(90)102-81(74-96-83(88)68-62-56-50-44-36-18-16-14-12-10-8-2)76-100-104(92,93)98-72-80(87)73-99-105(94,95)101-77-82(75-97-84(89)69-63-57-51-45-39-33-30-29-32-38-43-49-55-61-67-79(5)6)103-86(91)71-65-59-53-47-41-35-28-25-23-22-24-26-31-37-42-48-54-60-66-78(3)4/h78-82,87H,7-77H2,1-6H3,(H,92,93)(H,94,95)/t80-,81+,82+/m0/s1. The van der Waals surface area contributed by atoms with Gasteiger partial charge in [0.05, 0.1) is 26.4 Å². The van der Waals surface area contributed by atoms with Gasteiger partial charge in [-0.1, -0.05) is 408 Å². The van der Waals surface area contributed by atoms with E-state index in [0.29, 0.717) is 25.7 Å². The fourth-order valence-electron chi connectivity index (χ4n) is 13.4. The van der Waals surface area contributed by atoms with E-state index in [2.05, 4.69) is 41.5 Å². The molecule has 3 N–H and O–H groups in total. The van der Waals surface area contributed by atoms with E-state index in [0.717, 1.165) is 102 Å². The molecular weight excluding hydrogens is 1370 g/mol. The molecule has 0 aliphatic rings. The summed E-state index contributed by atoms with van der Waals surface area (Å²) in [6.45, 7) is 9.73. The number of aliphatic hydroxyl groups excluding tert-OH is 1. The molecule has 0 aromatic carbocycles. The van der Waals surface area contributed by atoms with Crippen LogP contribution in [0.4, 0.5) is 0 Å². The zero-order valence-electron chi connectivity index (χ0n) is 69.0. The van der Waals surface area contributed by atoms with Crippen molar-refractivity contribution in [3.05, 3.63) is 0 Å². The fraction of sp³-hybridized carbons (Fsp3) is 0.953. The van der Waals surface area contributed by atoms with Crippen LogP contribution in [-0.4, -0.2) is 96.7 Å². The average Bonchev–Trinajstić information content (AvgIpc) is 0.910. The minimum atomic E-state index is -4.97. The van der Waals surface area contributed by atoms with Gasteiger partial charge in [-0.2, -0.15) is 0 Å². The smallest absolute Gasteiger partial charge is 0.462 e. The lowest BCUT2D eigenvalue weighted by molar-refractivity contribution is -0.161. The highest BCUT2D eigenvalue weighted by Crippen LogP contribution is 2.45. The number of ether oxygens (including phenoxy) is 4. The SMILES string of the molecule is CCCCCCCCCCCCCCCCCCC(=O)O[C@H](COC(=O)CCCCCCCCCCCCC)COP(=O)(O)OC[C@H](O)COP(=O)(O)OC[C@@H](COC(=O)CCCCCCCCCCCCCCCCC(C)C)OC(=O)CCCCCCCCCCCCCCCCCCCCC(C)C. The van der Waals surface area contributed by atoms with Crippen LogP contribution in [0.5, 0.6) is 0 Å². The molecule has 0 aromatic heterocycles. The summed E-state index contributed by atoms with van der Waals surface area (Å²) in [6, 6.07) is 0. The van der Waals surface area contributed by atoms with Crippen LogP contribution >= 0.6 is 15.6 Å². The van der Waals surface area contributed by atoms with Crippen LogP contribution in [0.1, 0.15) is 459 Å². The Morgan fingerprint density at radius 1 is 0.257 bits per heavy atom. The summed E-state index contributed by atoms with van der Waals surface area (Å²) < 4.78 is 68.9. The average molecular weight is 1540 g/mol. The highest BCUT2D eigenvalue weighted by Gasteiger charge is 2.30. The predicted octanol–water partition coefficient (Wildman–Crippen LogP) is 26.2. The van der Waals surface area contributed by atoms with E-state index in [1.54, 1.807) is 0 Å². The van der Waals surface area contributed by atoms with Crippen LogP contribution in [0.25, 0.3) is 0 Å². The molecule has 0 aromatic rings. The van der Waals surface area contributed by atoms with Gasteiger partial charge in [0.2, 0.25) is 0 Å². The number of esters is 4. The first-order valence-corrected chi connectivity index (χ1v) is 47.5. The number of hydrogen-bond acceptors (Lipinski definition) is 15. The Bertz CT molecular complexity index is 2010. The van der Waals surface area contributed by atoms with E-state index < -0.39 is 97.5 Å². The molecule has 0 saturated heterocycles. The molecule has 19 heteroatoms. The molecule has 624 valence electrons. The van der Waals surface area contributed by atoms with Crippen molar-refractivity contribution in [1.29, 1.82) is 0 Å². The van der Waals surface area contributed by atoms with E-state index in [1.807, 2.05) is 0 Å². The number of phosphoric acid groups is 2. The van der Waals surface area contributed by atoms with Crippen LogP contribution < -0.4 is 0 Å². The van der Waals surface area contributed by atoms with Crippen molar-refractivity contribution in [3.8, 4) is 0 Å². The van der Waals surface area contributed by atoms with Gasteiger partial charge < -0.3 is 33.8 Å². The maximum absolute atomic E-state index is 13.1. The molecule has 0 radical (unpaired) electrons. The second-order valence-corrected chi connectivity index (χ2v) is 34.8. The van der Waals surface area contributed by atoms with Crippen molar-refractivity contribution < 1.29 is 80.2 Å². The van der Waals surface area contributed by atoms with E-state index in [4.69, 9.17) is 37.0 Å². The number of carbonyl (C=O) groups is 4. The molecule has 17 nitrogen and oxygen atoms in total. The quantitative estimate of drug-likeness (QED) is 0.0222. The second kappa shape index (κ2) is 77.4. The van der Waals surface area contributed by atoms with Gasteiger partial charge in [-0.3, -0.25) is 37.3 Å². The Morgan fingerprint density at radius 2 is 0.438 bits per heavy atom. The Morgan fingerprint density at radius 3 is 0.648 bits per heavy atom. The monoisotopic (exact) mass is 1540 g/mol. The zero-order valence-corrected chi connectivity index (χ0v) is 70.8. The molecule has 0 saturated carbocycles. The summed E-state index contributed by atoms with van der Waals surface area (Å²) in [4.78, 5) is 73.2. The minimum absolute atomic E-state index is 0.109. The largest absolute Gasteiger partial charge is 0.472 e. The lowest BCUT2D eigenvalue weighted by Gasteiger charge is -2.21. The van der Waals surface area contributed by atoms with Crippen LogP contribution in [0.2, 0.25) is 0 Å². The Labute approximate surface area is 645 Å². The van der Waals surface area contributed by atoms with Crippen molar-refractivity contribution >= 4 is 39.5 Å². The fourth-order valence-corrected chi connectivity index (χ4v) is 15.0. The first-order chi connectivity index (χ1) is 50.9. The maximum atomic E-state index is 13.1. The number of rotatable bonds is 85.